The zero-order valence-corrected chi connectivity index (χ0v) is 24.5. The van der Waals surface area contributed by atoms with E-state index in [2.05, 4.69) is 6.07 Å². The molecule has 4 aromatic carbocycles. The average Bonchev–Trinajstić information content (AvgIpc) is 2.97. The zero-order valence-electron chi connectivity index (χ0n) is 22.2. The topological polar surface area (TPSA) is 104 Å². The van der Waals surface area contributed by atoms with E-state index in [1.54, 1.807) is 72.8 Å². The van der Waals surface area contributed by atoms with Gasteiger partial charge in [-0.3, -0.25) is 4.79 Å². The summed E-state index contributed by atoms with van der Waals surface area (Å²) in [7, 11) is 1.53. The van der Waals surface area contributed by atoms with E-state index in [4.69, 9.17) is 59.5 Å². The van der Waals surface area contributed by atoms with Gasteiger partial charge in [0.05, 0.1) is 19.4 Å². The molecule has 42 heavy (non-hydrogen) atoms. The molecule has 5 rings (SSSR count). The summed E-state index contributed by atoms with van der Waals surface area (Å²) in [5, 5.41) is 11.6. The quantitative estimate of drug-likeness (QED) is 0.160. The number of nitrogens with two attached hydrogens (primary N) is 1. The summed E-state index contributed by atoms with van der Waals surface area (Å²) >= 11 is 18.2. The number of hydrogen-bond donors (Lipinski definition) is 1. The van der Waals surface area contributed by atoms with Gasteiger partial charge in [-0.1, -0.05) is 65.1 Å². The highest BCUT2D eigenvalue weighted by Gasteiger charge is 2.32. The Kier molecular flexibility index (Phi) is 8.79. The minimum atomic E-state index is -0.564. The number of benzene rings is 4. The van der Waals surface area contributed by atoms with Crippen molar-refractivity contribution in [2.45, 2.75) is 18.9 Å². The Balaban J connectivity index is 1.39. The first-order chi connectivity index (χ1) is 20.2. The summed E-state index contributed by atoms with van der Waals surface area (Å²) in [6.45, 7) is 0.196. The number of carbonyl (C=O) groups excluding carboxylic acids is 1. The summed E-state index contributed by atoms with van der Waals surface area (Å²) in [5.41, 5.74) is 9.33. The number of ether oxygens (including phenoxy) is 4. The summed E-state index contributed by atoms with van der Waals surface area (Å²) in [6.07, 6.45) is 0.0663. The van der Waals surface area contributed by atoms with E-state index in [1.807, 2.05) is 6.07 Å². The first-order valence-electron chi connectivity index (χ1n) is 12.7. The van der Waals surface area contributed by atoms with Crippen molar-refractivity contribution < 1.29 is 23.7 Å². The van der Waals surface area contributed by atoms with Crippen molar-refractivity contribution in [3.8, 4) is 29.1 Å². The van der Waals surface area contributed by atoms with Crippen LogP contribution in [-0.4, -0.2) is 13.1 Å². The number of carbonyl (C=O) groups is 1. The maximum atomic E-state index is 12.6. The largest absolute Gasteiger partial charge is 0.493 e. The third-order valence-corrected chi connectivity index (χ3v) is 7.44. The van der Waals surface area contributed by atoms with Crippen LogP contribution in [0.15, 0.2) is 90.3 Å². The third kappa shape index (κ3) is 6.42. The number of rotatable bonds is 8. The molecule has 0 aromatic heterocycles. The summed E-state index contributed by atoms with van der Waals surface area (Å²) in [4.78, 5) is 12.6. The van der Waals surface area contributed by atoms with Gasteiger partial charge in [0.2, 0.25) is 5.88 Å². The van der Waals surface area contributed by atoms with Crippen molar-refractivity contribution >= 4 is 40.8 Å². The Morgan fingerprint density at radius 1 is 0.952 bits per heavy atom. The Labute approximate surface area is 257 Å². The number of nitrogens with zero attached hydrogens (tertiary/aromatic N) is 1. The van der Waals surface area contributed by atoms with Gasteiger partial charge in [-0.05, 0) is 53.6 Å². The summed E-state index contributed by atoms with van der Waals surface area (Å²) in [5.74, 6) is 0.521. The zero-order chi connectivity index (χ0) is 29.8. The molecule has 1 heterocycles. The van der Waals surface area contributed by atoms with Gasteiger partial charge in [-0.25, -0.2) is 0 Å². The Bertz CT molecular complexity index is 1730. The van der Waals surface area contributed by atoms with Crippen molar-refractivity contribution in [3.05, 3.63) is 128 Å². The second kappa shape index (κ2) is 12.7. The molecule has 0 aliphatic carbocycles. The van der Waals surface area contributed by atoms with Crippen molar-refractivity contribution in [3.63, 3.8) is 0 Å². The van der Waals surface area contributed by atoms with Crippen LogP contribution in [0.4, 0.5) is 0 Å². The van der Waals surface area contributed by atoms with Crippen molar-refractivity contribution in [2.75, 3.05) is 7.11 Å². The number of hydrogen-bond acceptors (Lipinski definition) is 7. The fraction of sp³-hybridized carbons (Fsp3) is 0.125. The van der Waals surface area contributed by atoms with E-state index >= 15 is 0 Å². The van der Waals surface area contributed by atoms with Crippen molar-refractivity contribution in [1.29, 1.82) is 5.26 Å². The third-order valence-electron chi connectivity index (χ3n) is 6.60. The van der Waals surface area contributed by atoms with E-state index in [0.29, 0.717) is 37.9 Å². The molecule has 10 heteroatoms. The van der Waals surface area contributed by atoms with Gasteiger partial charge in [-0.2, -0.15) is 5.26 Å². The van der Waals surface area contributed by atoms with E-state index in [1.165, 1.54) is 7.11 Å². The van der Waals surface area contributed by atoms with Gasteiger partial charge in [0.15, 0.2) is 11.5 Å². The normalized spacial score (nSPS) is 13.9. The number of nitriles is 1. The van der Waals surface area contributed by atoms with Crippen LogP contribution >= 0.6 is 34.8 Å². The Hall–Kier alpha value is -4.35. The molecule has 1 unspecified atom stereocenters. The van der Waals surface area contributed by atoms with Crippen LogP contribution in [0.3, 0.4) is 0 Å². The number of esters is 1. The molecule has 0 amide bonds. The predicted octanol–water partition coefficient (Wildman–Crippen LogP) is 7.60. The molecular weight excluding hydrogens is 599 g/mol. The van der Waals surface area contributed by atoms with Gasteiger partial charge in [0, 0.05) is 32.3 Å². The molecule has 1 aliphatic heterocycles. The van der Waals surface area contributed by atoms with Crippen LogP contribution in [0.25, 0.3) is 0 Å². The predicted molar refractivity (Wildman–Crippen MR) is 160 cm³/mol. The number of allylic oxidation sites excluding steroid dienone is 1. The van der Waals surface area contributed by atoms with Crippen LogP contribution in [0, 0.1) is 11.3 Å². The summed E-state index contributed by atoms with van der Waals surface area (Å²) < 4.78 is 22.9. The van der Waals surface area contributed by atoms with Crippen molar-refractivity contribution in [1.82, 2.24) is 0 Å². The molecule has 1 atom stereocenters. The fourth-order valence-corrected chi connectivity index (χ4v) is 5.14. The van der Waals surface area contributed by atoms with Crippen LogP contribution in [0.1, 0.15) is 28.2 Å². The highest BCUT2D eigenvalue weighted by Crippen LogP contribution is 2.45. The summed E-state index contributed by atoms with van der Waals surface area (Å²) in [6, 6.07) is 24.6. The number of halogens is 3. The molecule has 0 fully saturated rings. The molecule has 2 N–H and O–H groups in total. The highest BCUT2D eigenvalue weighted by molar-refractivity contribution is 6.35. The Morgan fingerprint density at radius 3 is 2.43 bits per heavy atom. The van der Waals surface area contributed by atoms with Gasteiger partial charge in [0.1, 0.15) is 29.7 Å². The monoisotopic (exact) mass is 620 g/mol. The lowest BCUT2D eigenvalue weighted by molar-refractivity contribution is -0.133. The van der Waals surface area contributed by atoms with Crippen LogP contribution < -0.4 is 24.7 Å². The maximum Gasteiger partial charge on any atom is 0.315 e. The van der Waals surface area contributed by atoms with Gasteiger partial charge in [-0.15, -0.1) is 0 Å². The molecule has 0 bridgehead atoms. The molecular formula is C32H23Cl3N2O5. The average molecular weight is 622 g/mol. The first kappa shape index (κ1) is 29.2. The molecule has 0 saturated carbocycles. The van der Waals surface area contributed by atoms with Gasteiger partial charge >= 0.3 is 5.97 Å². The highest BCUT2D eigenvalue weighted by atomic mass is 35.5. The van der Waals surface area contributed by atoms with E-state index in [0.717, 1.165) is 16.7 Å². The molecule has 0 saturated heterocycles. The number of methoxy groups -OCH3 is 1. The number of fused-ring (bicyclic) bond motifs is 1. The Morgan fingerprint density at radius 2 is 1.71 bits per heavy atom. The van der Waals surface area contributed by atoms with Gasteiger partial charge < -0.3 is 24.7 Å². The van der Waals surface area contributed by atoms with Crippen LogP contribution in [0.2, 0.25) is 15.1 Å². The smallest absolute Gasteiger partial charge is 0.315 e. The SMILES string of the molecule is COc1cc(C2C(C#N)=C(N)Oc3cc(OC(=O)Cc4ccc(Cl)cc4)ccc32)ccc1OCc1ccc(Cl)cc1Cl. The lowest BCUT2D eigenvalue weighted by Gasteiger charge is -2.27. The molecule has 0 spiro atoms. The van der Waals surface area contributed by atoms with E-state index < -0.39 is 11.9 Å². The fourth-order valence-electron chi connectivity index (χ4n) is 4.56. The van der Waals surface area contributed by atoms with E-state index in [9.17, 15) is 10.1 Å². The van der Waals surface area contributed by atoms with E-state index in [-0.39, 0.29) is 30.2 Å². The standard InChI is InChI=1S/C32H23Cl3N2O5/c1-39-29-13-19(5-11-27(29)40-17-20-4-8-22(34)14-26(20)35)31-24-10-9-23(15-28(24)42-32(37)25(31)16-36)41-30(38)12-18-2-6-21(33)7-3-18/h2-11,13-15,31H,12,17,37H2,1H3. The molecule has 4 aromatic rings. The second-order valence-electron chi connectivity index (χ2n) is 9.34. The van der Waals surface area contributed by atoms with Crippen LogP contribution in [-0.2, 0) is 17.8 Å². The van der Waals surface area contributed by atoms with Crippen molar-refractivity contribution in [2.24, 2.45) is 5.73 Å². The minimum absolute atomic E-state index is 0.0451. The maximum absolute atomic E-state index is 12.6. The molecule has 212 valence electrons. The molecule has 7 nitrogen and oxygen atoms in total. The second-order valence-corrected chi connectivity index (χ2v) is 10.6. The lowest BCUT2D eigenvalue weighted by atomic mass is 9.83. The minimum Gasteiger partial charge on any atom is -0.493 e. The van der Waals surface area contributed by atoms with Gasteiger partial charge in [0.25, 0.3) is 0 Å². The first-order valence-corrected chi connectivity index (χ1v) is 13.8. The van der Waals surface area contributed by atoms with Crippen LogP contribution in [0.5, 0.6) is 23.0 Å². The molecule has 1 aliphatic rings. The lowest BCUT2D eigenvalue weighted by Crippen LogP contribution is -2.21. The molecule has 0 radical (unpaired) electrons.